The van der Waals surface area contributed by atoms with E-state index in [9.17, 15) is 4.79 Å². The summed E-state index contributed by atoms with van der Waals surface area (Å²) < 4.78 is 1.42. The van der Waals surface area contributed by atoms with E-state index in [0.717, 1.165) is 11.1 Å². The van der Waals surface area contributed by atoms with Crippen molar-refractivity contribution in [3.63, 3.8) is 0 Å². The minimum Gasteiger partial charge on any atom is -0.245 e. The number of carbonyl (C=O) groups excluding carboxylic acids is 1. The molecule has 0 aliphatic rings. The van der Waals surface area contributed by atoms with E-state index in [1.165, 1.54) is 11.7 Å². The molecule has 0 radical (unpaired) electrons. The molecule has 0 bridgehead atoms. The van der Waals surface area contributed by atoms with Gasteiger partial charge in [0.2, 0.25) is 12.4 Å². The summed E-state index contributed by atoms with van der Waals surface area (Å²) in [6, 6.07) is 2.01. The lowest BCUT2D eigenvalue weighted by atomic mass is 10.2. The molecular weight excluding hydrogens is 154 g/mol. The molecule has 1 aromatic rings. The molecule has 0 saturated heterocycles. The van der Waals surface area contributed by atoms with E-state index >= 15 is 0 Å². The maximum Gasteiger partial charge on any atom is 0.377 e. The van der Waals surface area contributed by atoms with Gasteiger partial charge in [-0.2, -0.15) is 4.84 Å². The van der Waals surface area contributed by atoms with Crippen LogP contribution < -0.4 is 9.57 Å². The number of hydrogen-bond donors (Lipinski definition) is 0. The van der Waals surface area contributed by atoms with Gasteiger partial charge in [-0.25, -0.2) is 4.79 Å². The minimum absolute atomic E-state index is 0.315. The van der Waals surface area contributed by atoms with Crippen LogP contribution in [0.5, 0.6) is 0 Å². The van der Waals surface area contributed by atoms with E-state index in [1.807, 2.05) is 19.9 Å². The molecule has 1 heterocycles. The standard InChI is InChI=1S/C9H12NO2/c1-7-4-8(2)6-10(5-7)12-9(3)11/h4-6H,1-3H3/q+1. The Morgan fingerprint density at radius 3 is 2.25 bits per heavy atom. The summed E-state index contributed by atoms with van der Waals surface area (Å²) in [6.07, 6.45) is 3.52. The molecule has 0 atom stereocenters. The van der Waals surface area contributed by atoms with Crippen molar-refractivity contribution in [1.82, 2.24) is 0 Å². The highest BCUT2D eigenvalue weighted by Gasteiger charge is 2.06. The lowest BCUT2D eigenvalue weighted by molar-refractivity contribution is -0.869. The van der Waals surface area contributed by atoms with E-state index < -0.39 is 0 Å². The molecular formula is C9H12NO2+. The van der Waals surface area contributed by atoms with Crippen molar-refractivity contribution in [2.45, 2.75) is 20.8 Å². The van der Waals surface area contributed by atoms with E-state index in [2.05, 4.69) is 0 Å². The number of pyridine rings is 1. The third-order valence-corrected chi connectivity index (χ3v) is 1.35. The molecule has 1 rings (SSSR count). The molecule has 3 heteroatoms. The molecule has 0 amide bonds. The molecule has 64 valence electrons. The lowest BCUT2D eigenvalue weighted by Gasteiger charge is -1.94. The largest absolute Gasteiger partial charge is 0.377 e. The van der Waals surface area contributed by atoms with Gasteiger partial charge in [-0.05, 0) is 19.9 Å². The SMILES string of the molecule is CC(=O)O[n+]1cc(C)cc(C)c1. The van der Waals surface area contributed by atoms with Crippen LogP contribution in [-0.2, 0) is 4.79 Å². The van der Waals surface area contributed by atoms with Crippen LogP contribution >= 0.6 is 0 Å². The Hall–Kier alpha value is -1.38. The first-order valence-electron chi connectivity index (χ1n) is 3.76. The van der Waals surface area contributed by atoms with Crippen LogP contribution in [0.25, 0.3) is 0 Å². The van der Waals surface area contributed by atoms with E-state index in [1.54, 1.807) is 12.4 Å². The average molecular weight is 166 g/mol. The predicted octanol–water partition coefficient (Wildman–Crippen LogP) is 0.566. The molecule has 0 saturated carbocycles. The zero-order chi connectivity index (χ0) is 9.14. The van der Waals surface area contributed by atoms with Crippen LogP contribution in [0.1, 0.15) is 18.1 Å². The van der Waals surface area contributed by atoms with Crippen molar-refractivity contribution < 1.29 is 14.4 Å². The van der Waals surface area contributed by atoms with Crippen molar-refractivity contribution in [1.29, 1.82) is 0 Å². The van der Waals surface area contributed by atoms with Crippen LogP contribution in [0, 0.1) is 13.8 Å². The van der Waals surface area contributed by atoms with Crippen molar-refractivity contribution in [2.24, 2.45) is 0 Å². The number of aryl methyl sites for hydroxylation is 2. The smallest absolute Gasteiger partial charge is 0.245 e. The summed E-state index contributed by atoms with van der Waals surface area (Å²) in [5.41, 5.74) is 2.13. The quantitative estimate of drug-likeness (QED) is 0.571. The van der Waals surface area contributed by atoms with Crippen LogP contribution in [0.15, 0.2) is 18.5 Å². The normalized spacial score (nSPS) is 9.58. The number of nitrogens with zero attached hydrogens (tertiary/aromatic N) is 1. The van der Waals surface area contributed by atoms with Gasteiger partial charge in [0.05, 0.1) is 0 Å². The number of hydrogen-bond acceptors (Lipinski definition) is 2. The summed E-state index contributed by atoms with van der Waals surface area (Å²) in [7, 11) is 0. The van der Waals surface area contributed by atoms with E-state index in [0.29, 0.717) is 0 Å². The monoisotopic (exact) mass is 166 g/mol. The second-order valence-electron chi connectivity index (χ2n) is 2.83. The summed E-state index contributed by atoms with van der Waals surface area (Å²) in [5.74, 6) is -0.315. The third-order valence-electron chi connectivity index (χ3n) is 1.35. The Morgan fingerprint density at radius 2 is 1.83 bits per heavy atom. The van der Waals surface area contributed by atoms with E-state index in [-0.39, 0.29) is 5.97 Å². The summed E-state index contributed by atoms with van der Waals surface area (Å²) in [5, 5.41) is 0. The minimum atomic E-state index is -0.315. The van der Waals surface area contributed by atoms with Crippen molar-refractivity contribution in [2.75, 3.05) is 0 Å². The first kappa shape index (κ1) is 8.71. The summed E-state index contributed by atoms with van der Waals surface area (Å²) in [6.45, 7) is 5.28. The molecule has 0 unspecified atom stereocenters. The molecule has 0 aromatic carbocycles. The molecule has 0 N–H and O–H groups in total. The highest BCUT2D eigenvalue weighted by Crippen LogP contribution is 1.95. The lowest BCUT2D eigenvalue weighted by Crippen LogP contribution is -2.44. The first-order chi connectivity index (χ1) is 5.58. The van der Waals surface area contributed by atoms with Crippen LogP contribution in [0.4, 0.5) is 0 Å². The van der Waals surface area contributed by atoms with Gasteiger partial charge in [0, 0.05) is 22.8 Å². The zero-order valence-corrected chi connectivity index (χ0v) is 7.50. The van der Waals surface area contributed by atoms with Gasteiger partial charge in [0.15, 0.2) is 0 Å². The first-order valence-corrected chi connectivity index (χ1v) is 3.76. The number of carbonyl (C=O) groups is 1. The molecule has 1 aromatic heterocycles. The second kappa shape index (κ2) is 3.34. The van der Waals surface area contributed by atoms with Gasteiger partial charge in [0.1, 0.15) is 0 Å². The Morgan fingerprint density at radius 1 is 1.33 bits per heavy atom. The number of aromatic nitrogens is 1. The van der Waals surface area contributed by atoms with Crippen LogP contribution in [0.3, 0.4) is 0 Å². The fourth-order valence-electron chi connectivity index (χ4n) is 1.07. The summed E-state index contributed by atoms with van der Waals surface area (Å²) in [4.78, 5) is 15.4. The zero-order valence-electron chi connectivity index (χ0n) is 7.50. The molecule has 0 spiro atoms. The molecule has 0 aliphatic carbocycles. The van der Waals surface area contributed by atoms with Crippen molar-refractivity contribution >= 4 is 5.97 Å². The Labute approximate surface area is 71.5 Å². The Kier molecular flexibility index (Phi) is 2.43. The maximum absolute atomic E-state index is 10.6. The van der Waals surface area contributed by atoms with Gasteiger partial charge in [-0.3, -0.25) is 0 Å². The fourth-order valence-corrected chi connectivity index (χ4v) is 1.07. The topological polar surface area (TPSA) is 30.2 Å². The third kappa shape index (κ3) is 2.34. The second-order valence-corrected chi connectivity index (χ2v) is 2.83. The van der Waals surface area contributed by atoms with Crippen molar-refractivity contribution in [3.05, 3.63) is 29.6 Å². The van der Waals surface area contributed by atoms with Gasteiger partial charge < -0.3 is 0 Å². The maximum atomic E-state index is 10.6. The Balaban J connectivity index is 2.93. The predicted molar refractivity (Wildman–Crippen MR) is 43.4 cm³/mol. The average Bonchev–Trinajstić information content (AvgIpc) is 1.81. The van der Waals surface area contributed by atoms with Gasteiger partial charge in [0.25, 0.3) is 0 Å². The molecule has 0 fully saturated rings. The van der Waals surface area contributed by atoms with Gasteiger partial charge in [-0.15, -0.1) is 0 Å². The van der Waals surface area contributed by atoms with Crippen LogP contribution in [0.2, 0.25) is 0 Å². The molecule has 12 heavy (non-hydrogen) atoms. The Bertz CT molecular complexity index is 287. The molecule has 3 nitrogen and oxygen atoms in total. The summed E-state index contributed by atoms with van der Waals surface area (Å²) >= 11 is 0. The highest BCUT2D eigenvalue weighted by molar-refractivity contribution is 5.65. The van der Waals surface area contributed by atoms with E-state index in [4.69, 9.17) is 4.84 Å². The van der Waals surface area contributed by atoms with Crippen molar-refractivity contribution in [3.8, 4) is 0 Å². The number of rotatable bonds is 1. The highest BCUT2D eigenvalue weighted by atomic mass is 16.7. The van der Waals surface area contributed by atoms with Gasteiger partial charge >= 0.3 is 5.97 Å². The van der Waals surface area contributed by atoms with Crippen LogP contribution in [-0.4, -0.2) is 5.97 Å². The molecule has 0 aliphatic heterocycles. The van der Waals surface area contributed by atoms with Gasteiger partial charge in [-0.1, -0.05) is 0 Å². The fraction of sp³-hybridized carbons (Fsp3) is 0.333.